The minimum atomic E-state index is -0.325. The van der Waals surface area contributed by atoms with Crippen molar-refractivity contribution in [2.45, 2.75) is 5.92 Å². The third-order valence-corrected chi connectivity index (χ3v) is 4.28. The highest BCUT2D eigenvalue weighted by molar-refractivity contribution is 6.31. The molecule has 1 aliphatic rings. The van der Waals surface area contributed by atoms with Gasteiger partial charge in [-0.15, -0.1) is 0 Å². The van der Waals surface area contributed by atoms with Crippen LogP contribution in [0.2, 0.25) is 5.02 Å². The topological polar surface area (TPSA) is 62.3 Å². The van der Waals surface area contributed by atoms with Crippen LogP contribution in [0, 0.1) is 11.3 Å². The summed E-state index contributed by atoms with van der Waals surface area (Å²) in [6.07, 6.45) is 0. The summed E-state index contributed by atoms with van der Waals surface area (Å²) in [6.45, 7) is 0. The highest BCUT2D eigenvalue weighted by Gasteiger charge is 2.31. The first-order valence-corrected chi connectivity index (χ1v) is 7.54. The Morgan fingerprint density at radius 2 is 1.91 bits per heavy atom. The maximum absolute atomic E-state index is 9.53. The second kappa shape index (κ2) is 5.86. The van der Waals surface area contributed by atoms with E-state index < -0.39 is 0 Å². The molecule has 116 valence electrons. The van der Waals surface area contributed by atoms with E-state index >= 15 is 0 Å². The van der Waals surface area contributed by atoms with Crippen LogP contribution < -0.4 is 15.4 Å². The summed E-state index contributed by atoms with van der Waals surface area (Å²) in [5.74, 6) is 0.451. The number of halogens is 1. The molecule has 1 heterocycles. The molecule has 0 radical (unpaired) electrons. The second-order valence-electron chi connectivity index (χ2n) is 5.56. The molecule has 2 aromatic carbocycles. The molecule has 0 amide bonds. The molecule has 0 aliphatic carbocycles. The lowest BCUT2D eigenvalue weighted by molar-refractivity contribution is 0.394. The molecule has 0 saturated heterocycles. The molecule has 5 heteroatoms. The quantitative estimate of drug-likeness (QED) is 0.916. The Morgan fingerprint density at radius 3 is 2.57 bits per heavy atom. The van der Waals surface area contributed by atoms with E-state index in [1.807, 2.05) is 61.5 Å². The summed E-state index contributed by atoms with van der Waals surface area (Å²) in [5, 5.41) is 10.1. The van der Waals surface area contributed by atoms with Crippen LogP contribution in [0.1, 0.15) is 17.0 Å². The molecule has 0 spiro atoms. The lowest BCUT2D eigenvalue weighted by atomic mass is 9.83. The first-order chi connectivity index (χ1) is 11.0. The van der Waals surface area contributed by atoms with Gasteiger partial charge >= 0.3 is 0 Å². The number of allylic oxidation sites excluding steroid dienone is 1. The van der Waals surface area contributed by atoms with Gasteiger partial charge in [-0.1, -0.05) is 35.9 Å². The number of nitriles is 1. The zero-order valence-electron chi connectivity index (χ0n) is 12.9. The largest absolute Gasteiger partial charge is 0.440 e. The summed E-state index contributed by atoms with van der Waals surface area (Å²) in [5.41, 5.74) is 9.09. The predicted octanol–water partition coefficient (Wildman–Crippen LogP) is 3.62. The van der Waals surface area contributed by atoms with E-state index in [-0.39, 0.29) is 11.8 Å². The Hall–Kier alpha value is -2.64. The summed E-state index contributed by atoms with van der Waals surface area (Å²) >= 11 is 6.35. The average molecular weight is 326 g/mol. The number of benzene rings is 2. The number of nitrogens with zero attached hydrogens (tertiary/aromatic N) is 2. The maximum atomic E-state index is 9.53. The SMILES string of the molecule is CN(C)c1ccc2c(c1)OC(N)=C(C#N)C2c1ccccc1Cl. The molecule has 3 rings (SSSR count). The van der Waals surface area contributed by atoms with Crippen molar-refractivity contribution >= 4 is 17.3 Å². The number of hydrogen-bond donors (Lipinski definition) is 1. The predicted molar refractivity (Wildman–Crippen MR) is 91.5 cm³/mol. The molecular weight excluding hydrogens is 310 g/mol. The molecule has 23 heavy (non-hydrogen) atoms. The van der Waals surface area contributed by atoms with Crippen LogP contribution in [0.25, 0.3) is 0 Å². The Balaban J connectivity index is 2.22. The average Bonchev–Trinajstić information content (AvgIpc) is 2.53. The molecule has 0 fully saturated rings. The van der Waals surface area contributed by atoms with Crippen molar-refractivity contribution in [1.82, 2.24) is 0 Å². The molecule has 2 N–H and O–H groups in total. The first kappa shape index (κ1) is 15.3. The molecule has 0 saturated carbocycles. The molecular formula is C18H16ClN3O. The van der Waals surface area contributed by atoms with E-state index in [0.29, 0.717) is 16.3 Å². The Morgan fingerprint density at radius 1 is 1.17 bits per heavy atom. The van der Waals surface area contributed by atoms with Crippen LogP contribution >= 0.6 is 11.6 Å². The molecule has 1 atom stereocenters. The van der Waals surface area contributed by atoms with Crippen LogP contribution in [-0.2, 0) is 0 Å². The number of anilines is 1. The zero-order valence-corrected chi connectivity index (χ0v) is 13.6. The monoisotopic (exact) mass is 325 g/mol. The number of nitrogens with two attached hydrogens (primary N) is 1. The fraction of sp³-hybridized carbons (Fsp3) is 0.167. The lowest BCUT2D eigenvalue weighted by Gasteiger charge is -2.28. The van der Waals surface area contributed by atoms with Gasteiger partial charge in [0.1, 0.15) is 17.4 Å². The van der Waals surface area contributed by atoms with Crippen LogP contribution in [0.5, 0.6) is 5.75 Å². The van der Waals surface area contributed by atoms with Crippen molar-refractivity contribution in [2.75, 3.05) is 19.0 Å². The summed E-state index contributed by atoms with van der Waals surface area (Å²) in [4.78, 5) is 1.98. The minimum absolute atomic E-state index is 0.126. The van der Waals surface area contributed by atoms with Crippen molar-refractivity contribution < 1.29 is 4.74 Å². The fourth-order valence-corrected chi connectivity index (χ4v) is 3.00. The van der Waals surface area contributed by atoms with Gasteiger partial charge in [0, 0.05) is 36.4 Å². The fourth-order valence-electron chi connectivity index (χ4n) is 2.75. The highest BCUT2D eigenvalue weighted by atomic mass is 35.5. The van der Waals surface area contributed by atoms with Crippen LogP contribution in [0.4, 0.5) is 5.69 Å². The van der Waals surface area contributed by atoms with Crippen molar-refractivity contribution in [3.05, 3.63) is 70.1 Å². The molecule has 0 bridgehead atoms. The van der Waals surface area contributed by atoms with Crippen molar-refractivity contribution in [1.29, 1.82) is 5.26 Å². The summed E-state index contributed by atoms with van der Waals surface area (Å²) in [6, 6.07) is 15.5. The third kappa shape index (κ3) is 2.60. The molecule has 4 nitrogen and oxygen atoms in total. The highest BCUT2D eigenvalue weighted by Crippen LogP contribution is 2.44. The van der Waals surface area contributed by atoms with Crippen molar-refractivity contribution in [2.24, 2.45) is 5.73 Å². The molecule has 1 aliphatic heterocycles. The van der Waals surface area contributed by atoms with Crippen LogP contribution in [0.15, 0.2) is 53.9 Å². The zero-order chi connectivity index (χ0) is 16.6. The van der Waals surface area contributed by atoms with E-state index in [9.17, 15) is 5.26 Å². The molecule has 1 unspecified atom stereocenters. The van der Waals surface area contributed by atoms with Gasteiger partial charge < -0.3 is 15.4 Å². The summed E-state index contributed by atoms with van der Waals surface area (Å²) in [7, 11) is 3.91. The van der Waals surface area contributed by atoms with E-state index in [1.165, 1.54) is 0 Å². The number of ether oxygens (including phenoxy) is 1. The minimum Gasteiger partial charge on any atom is -0.440 e. The van der Waals surface area contributed by atoms with Gasteiger partial charge in [0.25, 0.3) is 0 Å². The normalized spacial score (nSPS) is 16.3. The van der Waals surface area contributed by atoms with Gasteiger partial charge in [-0.25, -0.2) is 0 Å². The third-order valence-electron chi connectivity index (χ3n) is 3.94. The number of fused-ring (bicyclic) bond motifs is 1. The van der Waals surface area contributed by atoms with Crippen molar-refractivity contribution in [3.8, 4) is 11.8 Å². The van der Waals surface area contributed by atoms with E-state index in [1.54, 1.807) is 0 Å². The lowest BCUT2D eigenvalue weighted by Crippen LogP contribution is -2.21. The number of hydrogen-bond acceptors (Lipinski definition) is 4. The first-order valence-electron chi connectivity index (χ1n) is 7.16. The Labute approximate surface area is 140 Å². The Kier molecular flexibility index (Phi) is 3.89. The number of rotatable bonds is 2. The summed E-state index contributed by atoms with van der Waals surface area (Å²) < 4.78 is 5.68. The van der Waals surface area contributed by atoms with Gasteiger partial charge in [0.2, 0.25) is 5.88 Å². The van der Waals surface area contributed by atoms with Crippen LogP contribution in [0.3, 0.4) is 0 Å². The van der Waals surface area contributed by atoms with Gasteiger partial charge in [-0.3, -0.25) is 0 Å². The van der Waals surface area contributed by atoms with Gasteiger partial charge in [-0.2, -0.15) is 5.26 Å². The van der Waals surface area contributed by atoms with Gasteiger partial charge in [0.15, 0.2) is 0 Å². The van der Waals surface area contributed by atoms with Crippen molar-refractivity contribution in [3.63, 3.8) is 0 Å². The van der Waals surface area contributed by atoms with E-state index in [2.05, 4.69) is 6.07 Å². The second-order valence-corrected chi connectivity index (χ2v) is 5.97. The molecule has 0 aromatic heterocycles. The standard InChI is InChI=1S/C18H16ClN3O/c1-22(2)11-7-8-13-16(9-11)23-18(21)14(10-20)17(13)12-5-3-4-6-15(12)19/h3-9,17H,21H2,1-2H3. The van der Waals surface area contributed by atoms with Crippen LogP contribution in [-0.4, -0.2) is 14.1 Å². The maximum Gasteiger partial charge on any atom is 0.205 e. The molecule has 2 aromatic rings. The Bertz CT molecular complexity index is 836. The smallest absolute Gasteiger partial charge is 0.205 e. The van der Waals surface area contributed by atoms with Gasteiger partial charge in [0.05, 0.1) is 5.92 Å². The van der Waals surface area contributed by atoms with Gasteiger partial charge in [-0.05, 0) is 17.7 Å². The van der Waals surface area contributed by atoms with E-state index in [4.69, 9.17) is 22.1 Å². The van der Waals surface area contributed by atoms with E-state index in [0.717, 1.165) is 16.8 Å².